The molecule has 2 heterocycles. The Hall–Kier alpha value is -2.25. The largest absolute Gasteiger partial charge is 0.388 e. The third kappa shape index (κ3) is 3.64. The first-order chi connectivity index (χ1) is 12.7. The fourth-order valence-corrected chi connectivity index (χ4v) is 3.67. The minimum Gasteiger partial charge on any atom is -0.388 e. The summed E-state index contributed by atoms with van der Waals surface area (Å²) in [6.07, 6.45) is 7.07. The number of ether oxygens (including phenoxy) is 1. The second-order valence-electron chi connectivity index (χ2n) is 7.10. The van der Waals surface area contributed by atoms with Crippen molar-refractivity contribution in [2.75, 3.05) is 18.5 Å². The maximum Gasteiger partial charge on any atom is 0.253 e. The van der Waals surface area contributed by atoms with Crippen LogP contribution in [0.25, 0.3) is 10.9 Å². The second-order valence-corrected chi connectivity index (χ2v) is 7.10. The van der Waals surface area contributed by atoms with E-state index in [-0.39, 0.29) is 18.6 Å². The molecule has 1 amide bonds. The molecule has 1 aromatic heterocycles. The number of benzene rings is 1. The van der Waals surface area contributed by atoms with Crippen molar-refractivity contribution in [2.45, 2.75) is 50.3 Å². The van der Waals surface area contributed by atoms with E-state index in [9.17, 15) is 9.90 Å². The number of rotatable bonds is 4. The highest BCUT2D eigenvalue weighted by Gasteiger charge is 2.28. The summed E-state index contributed by atoms with van der Waals surface area (Å²) in [6.45, 7) is 0.569. The molecule has 3 N–H and O–H groups in total. The first kappa shape index (κ1) is 17.2. The molecule has 26 heavy (non-hydrogen) atoms. The van der Waals surface area contributed by atoms with Gasteiger partial charge < -0.3 is 20.5 Å². The fourth-order valence-electron chi connectivity index (χ4n) is 3.67. The van der Waals surface area contributed by atoms with Crippen molar-refractivity contribution >= 4 is 22.8 Å². The Morgan fingerprint density at radius 3 is 2.81 bits per heavy atom. The molecule has 7 heteroatoms. The molecule has 7 nitrogen and oxygen atoms in total. The molecular formula is C19H24N4O3. The van der Waals surface area contributed by atoms with Crippen molar-refractivity contribution in [3.05, 3.63) is 30.0 Å². The predicted octanol–water partition coefficient (Wildman–Crippen LogP) is 1.86. The van der Waals surface area contributed by atoms with Crippen LogP contribution >= 0.6 is 0 Å². The van der Waals surface area contributed by atoms with Crippen LogP contribution in [0.2, 0.25) is 0 Å². The van der Waals surface area contributed by atoms with E-state index < -0.39 is 6.10 Å². The number of nitrogens with zero attached hydrogens (tertiary/aromatic N) is 2. The van der Waals surface area contributed by atoms with Gasteiger partial charge in [0.25, 0.3) is 5.91 Å². The lowest BCUT2D eigenvalue weighted by atomic mass is 9.96. The Kier molecular flexibility index (Phi) is 4.99. The number of anilines is 1. The van der Waals surface area contributed by atoms with Gasteiger partial charge in [0.05, 0.1) is 36.4 Å². The van der Waals surface area contributed by atoms with Gasteiger partial charge in [-0.1, -0.05) is 31.4 Å². The highest BCUT2D eigenvalue weighted by atomic mass is 16.5. The number of carbonyl (C=O) groups excluding carboxylic acids is 1. The van der Waals surface area contributed by atoms with E-state index >= 15 is 0 Å². The maximum atomic E-state index is 12.7. The summed E-state index contributed by atoms with van der Waals surface area (Å²) in [5, 5.41) is 16.9. The van der Waals surface area contributed by atoms with Gasteiger partial charge in [-0.15, -0.1) is 0 Å². The number of fused-ring (bicyclic) bond motifs is 1. The van der Waals surface area contributed by atoms with Gasteiger partial charge in [0, 0.05) is 17.6 Å². The van der Waals surface area contributed by atoms with Crippen LogP contribution in [0, 0.1) is 0 Å². The summed E-state index contributed by atoms with van der Waals surface area (Å²) in [4.78, 5) is 21.7. The molecule has 138 valence electrons. The smallest absolute Gasteiger partial charge is 0.253 e. The van der Waals surface area contributed by atoms with Crippen LogP contribution in [0.3, 0.4) is 0 Å². The van der Waals surface area contributed by atoms with Gasteiger partial charge >= 0.3 is 0 Å². The monoisotopic (exact) mass is 356 g/mol. The number of para-hydroxylation sites is 1. The maximum absolute atomic E-state index is 12.7. The minimum absolute atomic E-state index is 0.248. The minimum atomic E-state index is -0.674. The molecule has 4 rings (SSSR count). The SMILES string of the molecule is O=C(N[C@@H]1COC[C@H]1O)c1cccc2cnc(NC3CCCCC3)nc12. The number of aliphatic hydroxyl groups is 1. The first-order valence-corrected chi connectivity index (χ1v) is 9.30. The fraction of sp³-hybridized carbons (Fsp3) is 0.526. The molecule has 1 aliphatic carbocycles. The standard InChI is InChI=1S/C19H24N4O3/c24-16-11-26-10-15(16)22-18(25)14-8-4-5-12-9-20-19(23-17(12)14)21-13-6-2-1-3-7-13/h4-5,8-9,13,15-16,24H,1-3,6-7,10-11H2,(H,22,25)(H,20,21,23)/t15-,16-/m1/s1. The first-order valence-electron chi connectivity index (χ1n) is 9.30. The van der Waals surface area contributed by atoms with Crippen LogP contribution in [-0.4, -0.2) is 52.4 Å². The lowest BCUT2D eigenvalue weighted by Gasteiger charge is -2.22. The predicted molar refractivity (Wildman–Crippen MR) is 98.1 cm³/mol. The number of aromatic nitrogens is 2. The molecule has 0 radical (unpaired) electrons. The molecule has 2 atom stereocenters. The number of carbonyl (C=O) groups is 1. The van der Waals surface area contributed by atoms with Gasteiger partial charge in [-0.3, -0.25) is 4.79 Å². The van der Waals surface area contributed by atoms with Gasteiger partial charge in [0.2, 0.25) is 5.95 Å². The Bertz CT molecular complexity index is 791. The molecule has 1 saturated carbocycles. The van der Waals surface area contributed by atoms with Gasteiger partial charge in [-0.2, -0.15) is 0 Å². The Balaban J connectivity index is 1.57. The highest BCUT2D eigenvalue weighted by molar-refractivity contribution is 6.05. The quantitative estimate of drug-likeness (QED) is 0.774. The van der Waals surface area contributed by atoms with E-state index in [4.69, 9.17) is 4.74 Å². The van der Waals surface area contributed by atoms with E-state index in [0.717, 1.165) is 18.2 Å². The summed E-state index contributed by atoms with van der Waals surface area (Å²) in [7, 11) is 0. The third-order valence-corrected chi connectivity index (χ3v) is 5.16. The number of hydrogen-bond donors (Lipinski definition) is 3. The summed E-state index contributed by atoms with van der Waals surface area (Å²) in [5.41, 5.74) is 1.10. The van der Waals surface area contributed by atoms with Gasteiger partial charge in [-0.05, 0) is 18.9 Å². The van der Waals surface area contributed by atoms with Crippen LogP contribution in [-0.2, 0) is 4.74 Å². The molecule has 0 bridgehead atoms. The van der Waals surface area contributed by atoms with Crippen LogP contribution in [0.15, 0.2) is 24.4 Å². The summed E-state index contributed by atoms with van der Waals surface area (Å²) in [6, 6.07) is 5.46. The van der Waals surface area contributed by atoms with Gasteiger partial charge in [-0.25, -0.2) is 9.97 Å². The highest BCUT2D eigenvalue weighted by Crippen LogP contribution is 2.22. The van der Waals surface area contributed by atoms with E-state index in [0.29, 0.717) is 29.7 Å². The molecule has 1 aliphatic heterocycles. The number of nitrogens with one attached hydrogen (secondary N) is 2. The van der Waals surface area contributed by atoms with Crippen LogP contribution in [0.4, 0.5) is 5.95 Å². The van der Waals surface area contributed by atoms with E-state index in [1.807, 2.05) is 12.1 Å². The van der Waals surface area contributed by atoms with Crippen molar-refractivity contribution in [1.29, 1.82) is 0 Å². The van der Waals surface area contributed by atoms with E-state index in [1.54, 1.807) is 12.3 Å². The van der Waals surface area contributed by atoms with Crippen LogP contribution in [0.5, 0.6) is 0 Å². The van der Waals surface area contributed by atoms with Crippen molar-refractivity contribution in [3.8, 4) is 0 Å². The molecule has 0 spiro atoms. The zero-order chi connectivity index (χ0) is 17.9. The Morgan fingerprint density at radius 1 is 1.19 bits per heavy atom. The second kappa shape index (κ2) is 7.55. The van der Waals surface area contributed by atoms with Crippen molar-refractivity contribution in [2.24, 2.45) is 0 Å². The Morgan fingerprint density at radius 2 is 2.04 bits per heavy atom. The summed E-state index contributed by atoms with van der Waals surface area (Å²) < 4.78 is 5.20. The lowest BCUT2D eigenvalue weighted by Crippen LogP contribution is -2.42. The average molecular weight is 356 g/mol. The summed E-state index contributed by atoms with van der Waals surface area (Å²) in [5.74, 6) is 0.307. The van der Waals surface area contributed by atoms with Crippen LogP contribution in [0.1, 0.15) is 42.5 Å². The van der Waals surface area contributed by atoms with E-state index in [2.05, 4.69) is 20.6 Å². The molecule has 2 aromatic rings. The zero-order valence-electron chi connectivity index (χ0n) is 14.6. The molecule has 1 saturated heterocycles. The zero-order valence-corrected chi connectivity index (χ0v) is 14.6. The average Bonchev–Trinajstić information content (AvgIpc) is 3.06. The number of hydrogen-bond acceptors (Lipinski definition) is 6. The van der Waals surface area contributed by atoms with E-state index in [1.165, 1.54) is 19.3 Å². The van der Waals surface area contributed by atoms with Crippen molar-refractivity contribution in [3.63, 3.8) is 0 Å². The molecule has 2 fully saturated rings. The molecular weight excluding hydrogens is 332 g/mol. The van der Waals surface area contributed by atoms with Crippen molar-refractivity contribution < 1.29 is 14.6 Å². The van der Waals surface area contributed by atoms with Gasteiger partial charge in [0.1, 0.15) is 0 Å². The lowest BCUT2D eigenvalue weighted by molar-refractivity contribution is 0.0888. The molecule has 0 unspecified atom stereocenters. The molecule has 1 aromatic carbocycles. The topological polar surface area (TPSA) is 96.4 Å². The van der Waals surface area contributed by atoms with Crippen molar-refractivity contribution in [1.82, 2.24) is 15.3 Å². The molecule has 2 aliphatic rings. The summed E-state index contributed by atoms with van der Waals surface area (Å²) >= 11 is 0. The number of amides is 1. The Labute approximate surface area is 152 Å². The van der Waals surface area contributed by atoms with Gasteiger partial charge in [0.15, 0.2) is 0 Å². The van der Waals surface area contributed by atoms with Crippen LogP contribution < -0.4 is 10.6 Å². The number of aliphatic hydroxyl groups excluding tert-OH is 1. The normalized spacial score (nSPS) is 23.9. The third-order valence-electron chi connectivity index (χ3n) is 5.16.